The monoisotopic (exact) mass is 302 g/mol. The minimum absolute atomic E-state index is 0.0514. The van der Waals surface area contributed by atoms with Crippen molar-refractivity contribution in [3.63, 3.8) is 0 Å². The van der Waals surface area contributed by atoms with Crippen molar-refractivity contribution in [1.29, 1.82) is 0 Å². The molecule has 7 nitrogen and oxygen atoms in total. The van der Waals surface area contributed by atoms with Gasteiger partial charge >= 0.3 is 0 Å². The van der Waals surface area contributed by atoms with Crippen molar-refractivity contribution in [2.75, 3.05) is 19.6 Å². The quantitative estimate of drug-likeness (QED) is 0.832. The van der Waals surface area contributed by atoms with Crippen LogP contribution in [0.5, 0.6) is 0 Å². The first kappa shape index (κ1) is 14.8. The maximum absolute atomic E-state index is 12.8. The largest absolute Gasteiger partial charge is 0.352 e. The van der Waals surface area contributed by atoms with E-state index in [1.807, 2.05) is 34.6 Å². The number of piperidine rings is 1. The molecule has 7 heteroatoms. The number of carbonyl (C=O) groups excluding carboxylic acids is 1. The number of imidazole rings is 1. The molecule has 0 unspecified atom stereocenters. The third-order valence-corrected chi connectivity index (χ3v) is 4.36. The summed E-state index contributed by atoms with van der Waals surface area (Å²) in [6.45, 7) is 4.93. The second kappa shape index (κ2) is 6.31. The van der Waals surface area contributed by atoms with Gasteiger partial charge in [0.2, 0.25) is 5.91 Å². The molecule has 118 valence electrons. The lowest BCUT2D eigenvalue weighted by Crippen LogP contribution is -2.55. The highest BCUT2D eigenvalue weighted by Gasteiger charge is 2.41. The molecule has 1 aliphatic rings. The summed E-state index contributed by atoms with van der Waals surface area (Å²) in [5.41, 5.74) is -0.571. The smallest absolute Gasteiger partial charge is 0.248 e. The van der Waals surface area contributed by atoms with Crippen LogP contribution in [0, 0.1) is 6.92 Å². The molecule has 2 aromatic rings. The van der Waals surface area contributed by atoms with Crippen molar-refractivity contribution in [2.45, 2.75) is 31.8 Å². The van der Waals surface area contributed by atoms with Gasteiger partial charge in [0.1, 0.15) is 11.4 Å². The first-order valence-corrected chi connectivity index (χ1v) is 7.69. The molecule has 0 spiro atoms. The van der Waals surface area contributed by atoms with Crippen LogP contribution in [-0.4, -0.2) is 44.9 Å². The number of aryl methyl sites for hydroxylation is 1. The topological polar surface area (TPSA) is 76.8 Å². The molecule has 0 radical (unpaired) electrons. The third kappa shape index (κ3) is 2.76. The maximum Gasteiger partial charge on any atom is 0.248 e. The van der Waals surface area contributed by atoms with Crippen molar-refractivity contribution >= 4 is 5.91 Å². The lowest BCUT2D eigenvalue weighted by molar-refractivity contribution is -0.132. The Hall–Kier alpha value is -2.15. The Morgan fingerprint density at radius 2 is 2.18 bits per heavy atom. The summed E-state index contributed by atoms with van der Waals surface area (Å²) in [4.78, 5) is 17.0. The van der Waals surface area contributed by atoms with E-state index >= 15 is 0 Å². The minimum atomic E-state index is -0.571. The molecule has 0 aromatic carbocycles. The van der Waals surface area contributed by atoms with Crippen LogP contribution in [0.1, 0.15) is 18.7 Å². The molecule has 0 saturated carbocycles. The number of rotatable bonds is 5. The molecule has 3 heterocycles. The summed E-state index contributed by atoms with van der Waals surface area (Å²) in [6.07, 6.45) is 8.82. The Balaban J connectivity index is 1.66. The summed E-state index contributed by atoms with van der Waals surface area (Å²) in [7, 11) is 0. The fourth-order valence-electron chi connectivity index (χ4n) is 3.02. The molecule has 0 atom stereocenters. The van der Waals surface area contributed by atoms with Gasteiger partial charge in [-0.15, -0.1) is 0 Å². The fraction of sp³-hybridized carbons (Fsp3) is 0.533. The van der Waals surface area contributed by atoms with Gasteiger partial charge in [-0.25, -0.2) is 4.98 Å². The van der Waals surface area contributed by atoms with E-state index in [2.05, 4.69) is 20.7 Å². The lowest BCUT2D eigenvalue weighted by atomic mass is 9.87. The zero-order valence-corrected chi connectivity index (χ0v) is 12.8. The van der Waals surface area contributed by atoms with Gasteiger partial charge in [0.05, 0.1) is 0 Å². The van der Waals surface area contributed by atoms with E-state index in [4.69, 9.17) is 0 Å². The average molecular weight is 302 g/mol. The molecule has 0 bridgehead atoms. The predicted molar refractivity (Wildman–Crippen MR) is 82.3 cm³/mol. The summed E-state index contributed by atoms with van der Waals surface area (Å²) < 4.78 is 3.84. The lowest BCUT2D eigenvalue weighted by Gasteiger charge is -2.36. The Labute approximate surface area is 129 Å². The zero-order chi connectivity index (χ0) is 15.4. The van der Waals surface area contributed by atoms with E-state index in [-0.39, 0.29) is 5.91 Å². The Kier molecular flexibility index (Phi) is 4.24. The summed E-state index contributed by atoms with van der Waals surface area (Å²) in [6, 6.07) is 1.87. The number of carbonyl (C=O) groups is 1. The summed E-state index contributed by atoms with van der Waals surface area (Å²) >= 11 is 0. The Morgan fingerprint density at radius 1 is 1.36 bits per heavy atom. The van der Waals surface area contributed by atoms with Gasteiger partial charge in [-0.2, -0.15) is 5.10 Å². The van der Waals surface area contributed by atoms with Crippen LogP contribution in [0.25, 0.3) is 0 Å². The van der Waals surface area contributed by atoms with Crippen LogP contribution in [0.2, 0.25) is 0 Å². The van der Waals surface area contributed by atoms with E-state index in [1.54, 1.807) is 12.4 Å². The molecule has 3 rings (SSSR count). The molecule has 0 aliphatic carbocycles. The van der Waals surface area contributed by atoms with E-state index in [1.165, 1.54) is 0 Å². The predicted octanol–water partition coefficient (Wildman–Crippen LogP) is 0.283. The standard InChI is InChI=1S/C15H22N6O/c1-13-17-8-11-20(13)12-9-18-14(22)15(3-6-16-7-4-15)21-10-2-5-19-21/h2,5,8,10-11,16H,3-4,6-7,9,12H2,1H3,(H,18,22). The molecule has 1 amide bonds. The first-order chi connectivity index (χ1) is 10.7. The number of hydrogen-bond acceptors (Lipinski definition) is 4. The van der Waals surface area contributed by atoms with Crippen molar-refractivity contribution in [2.24, 2.45) is 0 Å². The summed E-state index contributed by atoms with van der Waals surface area (Å²) in [5.74, 6) is 1.01. The molecular formula is C15H22N6O. The minimum Gasteiger partial charge on any atom is -0.352 e. The fourth-order valence-corrected chi connectivity index (χ4v) is 3.02. The molecule has 1 aliphatic heterocycles. The molecule has 2 N–H and O–H groups in total. The van der Waals surface area contributed by atoms with Crippen LogP contribution in [-0.2, 0) is 16.9 Å². The molecule has 2 aromatic heterocycles. The van der Waals surface area contributed by atoms with Crippen molar-refractivity contribution in [1.82, 2.24) is 30.0 Å². The van der Waals surface area contributed by atoms with Crippen LogP contribution in [0.15, 0.2) is 30.9 Å². The van der Waals surface area contributed by atoms with Crippen molar-refractivity contribution < 1.29 is 4.79 Å². The third-order valence-electron chi connectivity index (χ3n) is 4.36. The van der Waals surface area contributed by atoms with Crippen LogP contribution >= 0.6 is 0 Å². The molecule has 22 heavy (non-hydrogen) atoms. The second-order valence-electron chi connectivity index (χ2n) is 5.66. The van der Waals surface area contributed by atoms with Crippen molar-refractivity contribution in [3.8, 4) is 0 Å². The first-order valence-electron chi connectivity index (χ1n) is 7.69. The van der Waals surface area contributed by atoms with Gasteiger partial charge < -0.3 is 15.2 Å². The zero-order valence-electron chi connectivity index (χ0n) is 12.8. The average Bonchev–Trinajstić information content (AvgIpc) is 3.20. The number of aromatic nitrogens is 4. The van der Waals surface area contributed by atoms with Gasteiger partial charge in [-0.05, 0) is 38.9 Å². The number of nitrogens with one attached hydrogen (secondary N) is 2. The van der Waals surface area contributed by atoms with E-state index < -0.39 is 5.54 Å². The highest BCUT2D eigenvalue weighted by Crippen LogP contribution is 2.27. The second-order valence-corrected chi connectivity index (χ2v) is 5.66. The highest BCUT2D eigenvalue weighted by atomic mass is 16.2. The normalized spacial score (nSPS) is 17.3. The van der Waals surface area contributed by atoms with Crippen LogP contribution < -0.4 is 10.6 Å². The van der Waals surface area contributed by atoms with Gasteiger partial charge in [0.15, 0.2) is 0 Å². The van der Waals surface area contributed by atoms with Gasteiger partial charge in [0, 0.05) is 37.9 Å². The van der Waals surface area contributed by atoms with Crippen LogP contribution in [0.4, 0.5) is 0 Å². The van der Waals surface area contributed by atoms with Gasteiger partial charge in [-0.3, -0.25) is 9.48 Å². The number of amides is 1. The number of nitrogens with zero attached hydrogens (tertiary/aromatic N) is 4. The number of hydrogen-bond donors (Lipinski definition) is 2. The van der Waals surface area contributed by atoms with Gasteiger partial charge in [-0.1, -0.05) is 0 Å². The van der Waals surface area contributed by atoms with Gasteiger partial charge in [0.25, 0.3) is 0 Å². The highest BCUT2D eigenvalue weighted by molar-refractivity contribution is 5.84. The molecular weight excluding hydrogens is 280 g/mol. The van der Waals surface area contributed by atoms with Crippen LogP contribution in [0.3, 0.4) is 0 Å². The maximum atomic E-state index is 12.8. The Morgan fingerprint density at radius 3 is 2.82 bits per heavy atom. The van der Waals surface area contributed by atoms with Crippen molar-refractivity contribution in [3.05, 3.63) is 36.7 Å². The Bertz CT molecular complexity index is 612. The van der Waals surface area contributed by atoms with E-state index in [0.717, 1.165) is 38.3 Å². The van der Waals surface area contributed by atoms with E-state index in [0.29, 0.717) is 6.54 Å². The summed E-state index contributed by atoms with van der Waals surface area (Å²) in [5, 5.41) is 10.7. The molecule has 1 saturated heterocycles. The van der Waals surface area contributed by atoms with E-state index in [9.17, 15) is 4.79 Å². The SMILES string of the molecule is Cc1nccn1CCNC(=O)C1(n2cccn2)CCNCC1. The molecule has 1 fully saturated rings.